The Morgan fingerprint density at radius 2 is 1.92 bits per heavy atom. The van der Waals surface area contributed by atoms with Crippen molar-refractivity contribution in [2.24, 2.45) is 5.92 Å². The molecule has 10 heteroatoms. The summed E-state index contributed by atoms with van der Waals surface area (Å²) in [6, 6.07) is -1.42. The Balaban J connectivity index is 1.52. The lowest BCUT2D eigenvalue weighted by Crippen LogP contribution is -2.63. The number of hydrazine groups is 1. The van der Waals surface area contributed by atoms with E-state index < -0.39 is 36.3 Å². The number of hydrogen-bond acceptors (Lipinski definition) is 6. The average molecular weight is 361 g/mol. The zero-order chi connectivity index (χ0) is 18.0. The monoisotopic (exact) mass is 361 g/mol. The number of halogens is 2. The van der Waals surface area contributed by atoms with Crippen molar-refractivity contribution in [3.8, 4) is 0 Å². The van der Waals surface area contributed by atoms with Gasteiger partial charge in [-0.3, -0.25) is 14.5 Å². The van der Waals surface area contributed by atoms with Gasteiger partial charge in [0.05, 0.1) is 6.17 Å². The van der Waals surface area contributed by atoms with Gasteiger partial charge in [-0.1, -0.05) is 0 Å². The van der Waals surface area contributed by atoms with E-state index in [1.54, 1.807) is 0 Å². The molecule has 3 fully saturated rings. The second-order valence-corrected chi connectivity index (χ2v) is 6.92. The van der Waals surface area contributed by atoms with E-state index in [-0.39, 0.29) is 24.9 Å². The summed E-state index contributed by atoms with van der Waals surface area (Å²) in [7, 11) is 0. The maximum absolute atomic E-state index is 13.9. The molecule has 3 rings (SSSR count). The number of nitrogens with zero attached hydrogens (tertiary/aromatic N) is 1. The van der Waals surface area contributed by atoms with E-state index in [9.17, 15) is 23.5 Å². The summed E-state index contributed by atoms with van der Waals surface area (Å²) in [5.74, 6) is -3.35. The van der Waals surface area contributed by atoms with Gasteiger partial charge in [-0.15, -0.1) is 0 Å². The smallest absolute Gasteiger partial charge is 0.311 e. The van der Waals surface area contributed by atoms with Crippen LogP contribution in [0.5, 0.6) is 0 Å². The Labute approximate surface area is 144 Å². The van der Waals surface area contributed by atoms with E-state index in [1.807, 2.05) is 0 Å². The van der Waals surface area contributed by atoms with Crippen molar-refractivity contribution in [1.82, 2.24) is 26.4 Å². The number of rotatable bonds is 4. The molecule has 0 aromatic rings. The van der Waals surface area contributed by atoms with Gasteiger partial charge in [-0.2, -0.15) is 0 Å². The third-order valence-electron chi connectivity index (χ3n) is 5.29. The van der Waals surface area contributed by atoms with E-state index in [0.717, 1.165) is 26.2 Å². The van der Waals surface area contributed by atoms with Crippen LogP contribution in [0.1, 0.15) is 25.7 Å². The highest BCUT2D eigenvalue weighted by molar-refractivity contribution is 5.83. The average Bonchev–Trinajstić information content (AvgIpc) is 3.12. The van der Waals surface area contributed by atoms with E-state index in [2.05, 4.69) is 26.4 Å². The number of carbonyl (C=O) groups is 2. The molecular weight excluding hydrogens is 336 g/mol. The number of amides is 1. The Bertz CT molecular complexity index is 498. The Hall–Kier alpha value is -1.36. The summed E-state index contributed by atoms with van der Waals surface area (Å²) in [6.07, 6.45) is -2.39. The van der Waals surface area contributed by atoms with Gasteiger partial charge in [-0.25, -0.2) is 19.6 Å². The molecule has 2 aliphatic heterocycles. The molecule has 6 atom stereocenters. The van der Waals surface area contributed by atoms with Gasteiger partial charge in [0.1, 0.15) is 24.3 Å². The zero-order valence-corrected chi connectivity index (χ0v) is 13.9. The molecule has 0 aromatic heterocycles. The van der Waals surface area contributed by atoms with Gasteiger partial charge in [0, 0.05) is 25.8 Å². The van der Waals surface area contributed by atoms with Crippen LogP contribution in [0.15, 0.2) is 0 Å². The highest BCUT2D eigenvalue weighted by Gasteiger charge is 2.45. The summed E-state index contributed by atoms with van der Waals surface area (Å²) in [6.45, 7) is 2.65. The van der Waals surface area contributed by atoms with Crippen LogP contribution < -0.4 is 21.5 Å². The zero-order valence-electron chi connectivity index (χ0n) is 13.9. The molecule has 1 amide bonds. The van der Waals surface area contributed by atoms with Crippen LogP contribution in [0.2, 0.25) is 0 Å². The fourth-order valence-corrected chi connectivity index (χ4v) is 3.80. The number of carbonyl (C=O) groups excluding carboxylic acids is 1. The van der Waals surface area contributed by atoms with Gasteiger partial charge in [0.2, 0.25) is 5.91 Å². The molecular formula is C15H25F2N5O3. The van der Waals surface area contributed by atoms with Gasteiger partial charge in [0.15, 0.2) is 0 Å². The molecule has 2 heterocycles. The molecule has 8 nitrogen and oxygen atoms in total. The van der Waals surface area contributed by atoms with Gasteiger partial charge in [0.25, 0.3) is 0 Å². The molecule has 0 radical (unpaired) electrons. The second kappa shape index (κ2) is 7.90. The van der Waals surface area contributed by atoms with Gasteiger partial charge in [-0.05, 0) is 25.7 Å². The van der Waals surface area contributed by atoms with Crippen LogP contribution in [0.4, 0.5) is 8.78 Å². The Kier molecular flexibility index (Phi) is 5.82. The number of carboxylic acid groups (broad SMARTS) is 1. The second-order valence-electron chi connectivity index (χ2n) is 6.92. The van der Waals surface area contributed by atoms with Gasteiger partial charge < -0.3 is 15.7 Å². The first-order valence-electron chi connectivity index (χ1n) is 8.74. The maximum Gasteiger partial charge on any atom is 0.311 e. The lowest BCUT2D eigenvalue weighted by Gasteiger charge is -2.37. The van der Waals surface area contributed by atoms with Crippen molar-refractivity contribution in [2.45, 2.75) is 56.3 Å². The van der Waals surface area contributed by atoms with Crippen LogP contribution in [-0.4, -0.2) is 72.2 Å². The van der Waals surface area contributed by atoms with E-state index in [1.165, 1.54) is 0 Å². The summed E-state index contributed by atoms with van der Waals surface area (Å²) in [5, 5.41) is 15.0. The maximum atomic E-state index is 13.9. The van der Waals surface area contributed by atoms with Crippen molar-refractivity contribution >= 4 is 11.9 Å². The predicted molar refractivity (Wildman–Crippen MR) is 84.7 cm³/mol. The molecule has 0 aromatic carbocycles. The lowest BCUT2D eigenvalue weighted by molar-refractivity contribution is -0.149. The SMILES string of the molecule is O=C(NC1CCC(F)C(F)C1C(=O)O)C1CCC(N2CCNC2)NN1. The van der Waals surface area contributed by atoms with Crippen molar-refractivity contribution in [3.05, 3.63) is 0 Å². The highest BCUT2D eigenvalue weighted by atomic mass is 19.2. The molecule has 3 aliphatic rings. The minimum Gasteiger partial charge on any atom is -0.481 e. The molecule has 25 heavy (non-hydrogen) atoms. The number of carboxylic acids is 1. The van der Waals surface area contributed by atoms with Crippen LogP contribution in [0, 0.1) is 5.92 Å². The van der Waals surface area contributed by atoms with E-state index in [0.29, 0.717) is 6.42 Å². The fraction of sp³-hybridized carbons (Fsp3) is 0.867. The molecule has 2 saturated heterocycles. The largest absolute Gasteiger partial charge is 0.481 e. The summed E-state index contributed by atoms with van der Waals surface area (Å²) >= 11 is 0. The van der Waals surface area contributed by atoms with Crippen molar-refractivity contribution in [1.29, 1.82) is 0 Å². The first-order valence-corrected chi connectivity index (χ1v) is 8.74. The fourth-order valence-electron chi connectivity index (χ4n) is 3.80. The summed E-state index contributed by atoms with van der Waals surface area (Å²) in [4.78, 5) is 25.9. The van der Waals surface area contributed by atoms with E-state index >= 15 is 0 Å². The Morgan fingerprint density at radius 1 is 1.12 bits per heavy atom. The molecule has 1 aliphatic carbocycles. The van der Waals surface area contributed by atoms with Gasteiger partial charge >= 0.3 is 5.97 Å². The standard InChI is InChI=1S/C15H25F2N5O3/c16-8-1-2-9(12(13(8)17)15(24)25)19-14(23)10-3-4-11(21-20-10)22-6-5-18-7-22/h8-13,18,20-21H,1-7H2,(H,19,23)(H,24,25). The number of hydrogen-bond donors (Lipinski definition) is 5. The minimum atomic E-state index is -2.10. The summed E-state index contributed by atoms with van der Waals surface area (Å²) in [5.41, 5.74) is 6.06. The van der Waals surface area contributed by atoms with Crippen molar-refractivity contribution in [2.75, 3.05) is 19.8 Å². The molecule has 5 N–H and O–H groups in total. The number of alkyl halides is 2. The summed E-state index contributed by atoms with van der Waals surface area (Å²) < 4.78 is 27.4. The Morgan fingerprint density at radius 3 is 2.52 bits per heavy atom. The van der Waals surface area contributed by atoms with E-state index in [4.69, 9.17) is 0 Å². The number of nitrogens with one attached hydrogen (secondary N) is 4. The third kappa shape index (κ3) is 4.08. The molecule has 1 saturated carbocycles. The van der Waals surface area contributed by atoms with Crippen LogP contribution in [0.3, 0.4) is 0 Å². The first-order chi connectivity index (χ1) is 12.0. The predicted octanol–water partition coefficient (Wildman–Crippen LogP) is -0.913. The normalized spacial score (nSPS) is 39.9. The quantitative estimate of drug-likeness (QED) is 0.441. The van der Waals surface area contributed by atoms with Crippen molar-refractivity contribution < 1.29 is 23.5 Å². The molecule has 0 spiro atoms. The highest BCUT2D eigenvalue weighted by Crippen LogP contribution is 2.30. The van der Waals surface area contributed by atoms with Crippen molar-refractivity contribution in [3.63, 3.8) is 0 Å². The topological polar surface area (TPSA) is 106 Å². The third-order valence-corrected chi connectivity index (χ3v) is 5.29. The van der Waals surface area contributed by atoms with Crippen LogP contribution >= 0.6 is 0 Å². The van der Waals surface area contributed by atoms with Crippen LogP contribution in [-0.2, 0) is 9.59 Å². The molecule has 0 bridgehead atoms. The lowest BCUT2D eigenvalue weighted by atomic mass is 9.81. The molecule has 142 valence electrons. The first kappa shape index (κ1) is 18.4. The molecule has 6 unspecified atom stereocenters. The number of aliphatic carboxylic acids is 1. The minimum absolute atomic E-state index is 0.0870. The van der Waals surface area contributed by atoms with Crippen LogP contribution in [0.25, 0.3) is 0 Å².